The molecule has 4 aromatic heterocycles. The number of hydrogen-bond donors (Lipinski definition) is 0. The summed E-state index contributed by atoms with van der Waals surface area (Å²) in [7, 11) is 0. The molecule has 10 aromatic rings. The molecule has 0 fully saturated rings. The molecule has 0 bridgehead atoms. The number of rotatable bonds is 6. The number of nitrogens with zero attached hydrogens (tertiary/aromatic N) is 6. The van der Waals surface area contributed by atoms with E-state index in [2.05, 4.69) is 109 Å². The average Bonchev–Trinajstić information content (AvgIpc) is 3.88. The van der Waals surface area contributed by atoms with Crippen LogP contribution >= 0.6 is 22.7 Å². The molecule has 0 aliphatic heterocycles. The zero-order valence-electron chi connectivity index (χ0n) is 30.9. The van der Waals surface area contributed by atoms with Crippen LogP contribution in [0.15, 0.2) is 158 Å². The minimum Gasteiger partial charge on any atom is -0.226 e. The topological polar surface area (TPSA) is 88.2 Å². The van der Waals surface area contributed by atoms with Gasteiger partial charge < -0.3 is 0 Å². The third kappa shape index (κ3) is 5.88. The summed E-state index contributed by atoms with van der Waals surface area (Å²) in [4.78, 5) is 26.0. The van der Waals surface area contributed by atoms with Crippen molar-refractivity contribution in [2.24, 2.45) is 0 Å². The van der Waals surface area contributed by atoms with Gasteiger partial charge in [0.25, 0.3) is 0 Å². The van der Waals surface area contributed by atoms with Crippen LogP contribution in [0.25, 0.3) is 103 Å². The lowest BCUT2D eigenvalue weighted by molar-refractivity contribution is 1.04. The van der Waals surface area contributed by atoms with Crippen LogP contribution in [-0.2, 0) is 0 Å². The number of fused-ring (bicyclic) bond motifs is 6. The fraction of sp³-hybridized carbons (Fsp3) is 0.0400. The van der Waals surface area contributed by atoms with Gasteiger partial charge in [0.05, 0.1) is 27.5 Å². The zero-order chi connectivity index (χ0) is 38.6. The highest BCUT2D eigenvalue weighted by Gasteiger charge is 2.22. The van der Waals surface area contributed by atoms with Crippen LogP contribution in [0.4, 0.5) is 0 Å². The Hall–Kier alpha value is -7.18. The van der Waals surface area contributed by atoms with Crippen molar-refractivity contribution >= 4 is 68.7 Å². The second-order valence-electron chi connectivity index (χ2n) is 14.2. The summed E-state index contributed by atoms with van der Waals surface area (Å²) < 4.78 is 4.59. The molecule has 0 amide bonds. The van der Waals surface area contributed by atoms with Gasteiger partial charge in [0.1, 0.15) is 0 Å². The van der Waals surface area contributed by atoms with Crippen LogP contribution in [0, 0.1) is 11.3 Å². The molecule has 8 heteroatoms. The highest BCUT2D eigenvalue weighted by atomic mass is 32.1. The summed E-state index contributed by atoms with van der Waals surface area (Å²) in [5.41, 5.74) is 9.61. The Bertz CT molecular complexity index is 3340. The molecule has 0 saturated heterocycles. The lowest BCUT2D eigenvalue weighted by atomic mass is 10.0. The Morgan fingerprint density at radius 3 is 1.88 bits per heavy atom. The van der Waals surface area contributed by atoms with Gasteiger partial charge in [-0.3, -0.25) is 0 Å². The number of aromatic nitrogens is 5. The quantitative estimate of drug-likeness (QED) is 0.167. The van der Waals surface area contributed by atoms with Crippen molar-refractivity contribution in [1.82, 2.24) is 24.9 Å². The third-order valence-electron chi connectivity index (χ3n) is 10.7. The standard InChI is InChI=1S/C50H30N6S2/c51-29-30-21-23-31(24-22-30)32-25-27-35(28-26-32)48-54-47(34-13-5-2-6-14-34)55-49(56-48)38-17-10-20-41-42(38)37-16-9-18-39(45(37)58-41)50-52-43(33-11-3-1-4-12-33)46-44(53-50)36-15-7-8-19-40(36)57-46/h2-3,5-28H,1,4H2. The van der Waals surface area contributed by atoms with Crippen LogP contribution in [0.2, 0.25) is 0 Å². The van der Waals surface area contributed by atoms with E-state index in [0.717, 1.165) is 99.1 Å². The smallest absolute Gasteiger partial charge is 0.164 e. The summed E-state index contributed by atoms with van der Waals surface area (Å²) in [5, 5.41) is 12.6. The van der Waals surface area contributed by atoms with Crippen molar-refractivity contribution in [2.75, 3.05) is 0 Å². The fourth-order valence-corrected chi connectivity index (χ4v) is 10.2. The number of hydrogen-bond acceptors (Lipinski definition) is 8. The number of nitriles is 1. The van der Waals surface area contributed by atoms with Crippen molar-refractivity contribution in [3.63, 3.8) is 0 Å². The van der Waals surface area contributed by atoms with Gasteiger partial charge in [-0.2, -0.15) is 5.26 Å². The van der Waals surface area contributed by atoms with Gasteiger partial charge >= 0.3 is 0 Å². The predicted molar refractivity (Wildman–Crippen MR) is 239 cm³/mol. The Morgan fingerprint density at radius 2 is 1.10 bits per heavy atom. The maximum absolute atomic E-state index is 9.26. The van der Waals surface area contributed by atoms with E-state index in [1.165, 1.54) is 4.70 Å². The molecule has 0 spiro atoms. The normalized spacial score (nSPS) is 12.7. The molecule has 1 aliphatic rings. The number of benzene rings is 6. The van der Waals surface area contributed by atoms with E-state index in [-0.39, 0.29) is 0 Å². The lowest BCUT2D eigenvalue weighted by Crippen LogP contribution is -2.00. The first kappa shape index (κ1) is 34.1. The maximum atomic E-state index is 9.26. The SMILES string of the molecule is N#Cc1ccc(-c2ccc(-c3nc(-c4ccccc4)nc(-c4cccc5sc6c(-c7nc(C8=CCCC=C8)c8sc9ccccc9c8n7)cccc6c45)n3)cc2)cc1. The van der Waals surface area contributed by atoms with E-state index in [1.54, 1.807) is 22.7 Å². The summed E-state index contributed by atoms with van der Waals surface area (Å²) >= 11 is 3.52. The molecule has 6 aromatic carbocycles. The van der Waals surface area contributed by atoms with Crippen molar-refractivity contribution in [1.29, 1.82) is 5.26 Å². The Balaban J connectivity index is 1.08. The van der Waals surface area contributed by atoms with Crippen LogP contribution < -0.4 is 0 Å². The van der Waals surface area contributed by atoms with Gasteiger partial charge in [-0.15, -0.1) is 22.7 Å². The van der Waals surface area contributed by atoms with Crippen LogP contribution in [0.3, 0.4) is 0 Å². The van der Waals surface area contributed by atoms with Crippen molar-refractivity contribution in [2.45, 2.75) is 12.8 Å². The first-order valence-corrected chi connectivity index (χ1v) is 20.8. The fourth-order valence-electron chi connectivity index (χ4n) is 7.80. The molecule has 58 heavy (non-hydrogen) atoms. The number of allylic oxidation sites excluding steroid dienone is 4. The third-order valence-corrected chi connectivity index (χ3v) is 13.0. The van der Waals surface area contributed by atoms with Gasteiger partial charge in [0, 0.05) is 52.5 Å². The lowest BCUT2D eigenvalue weighted by Gasteiger charge is -2.11. The van der Waals surface area contributed by atoms with E-state index in [4.69, 9.17) is 24.9 Å². The van der Waals surface area contributed by atoms with Crippen LogP contribution in [-0.4, -0.2) is 24.9 Å². The summed E-state index contributed by atoms with van der Waals surface area (Å²) in [5.74, 6) is 2.53. The molecule has 1 aliphatic carbocycles. The zero-order valence-corrected chi connectivity index (χ0v) is 32.6. The van der Waals surface area contributed by atoms with Crippen LogP contribution in [0.1, 0.15) is 24.1 Å². The van der Waals surface area contributed by atoms with Gasteiger partial charge in [-0.25, -0.2) is 24.9 Å². The van der Waals surface area contributed by atoms with E-state index >= 15 is 0 Å². The van der Waals surface area contributed by atoms with Crippen molar-refractivity contribution in [3.8, 4) is 62.7 Å². The van der Waals surface area contributed by atoms with E-state index in [9.17, 15) is 5.26 Å². The largest absolute Gasteiger partial charge is 0.226 e. The molecule has 272 valence electrons. The minimum absolute atomic E-state index is 0.593. The molecule has 0 atom stereocenters. The molecular formula is C50H30N6S2. The number of thiophene rings is 2. The molecule has 0 N–H and O–H groups in total. The Morgan fingerprint density at radius 1 is 0.483 bits per heavy atom. The highest BCUT2D eigenvalue weighted by molar-refractivity contribution is 7.26. The molecule has 4 heterocycles. The first-order chi connectivity index (χ1) is 28.7. The maximum Gasteiger partial charge on any atom is 0.164 e. The summed E-state index contributed by atoms with van der Waals surface area (Å²) in [6, 6.07) is 49.5. The molecule has 0 radical (unpaired) electrons. The van der Waals surface area contributed by atoms with Gasteiger partial charge in [0.2, 0.25) is 0 Å². The van der Waals surface area contributed by atoms with Gasteiger partial charge in [-0.05, 0) is 59.9 Å². The summed E-state index contributed by atoms with van der Waals surface area (Å²) in [6.07, 6.45) is 8.80. The molecular weight excluding hydrogens is 749 g/mol. The average molecular weight is 779 g/mol. The highest BCUT2D eigenvalue weighted by Crippen LogP contribution is 2.45. The monoisotopic (exact) mass is 778 g/mol. The minimum atomic E-state index is 0.593. The summed E-state index contributed by atoms with van der Waals surface area (Å²) in [6.45, 7) is 0. The molecule has 0 unspecified atom stereocenters. The predicted octanol–water partition coefficient (Wildman–Crippen LogP) is 13.3. The van der Waals surface area contributed by atoms with E-state index in [1.807, 2.05) is 54.6 Å². The molecule has 0 saturated carbocycles. The Labute approximate surface area is 341 Å². The second kappa shape index (κ2) is 14.1. The molecule has 6 nitrogen and oxygen atoms in total. The van der Waals surface area contributed by atoms with Gasteiger partial charge in [0.15, 0.2) is 23.3 Å². The van der Waals surface area contributed by atoms with Crippen molar-refractivity contribution in [3.05, 3.63) is 169 Å². The van der Waals surface area contributed by atoms with E-state index in [0.29, 0.717) is 23.0 Å². The molecule has 11 rings (SSSR count). The first-order valence-electron chi connectivity index (χ1n) is 19.1. The second-order valence-corrected chi connectivity index (χ2v) is 16.3. The van der Waals surface area contributed by atoms with E-state index < -0.39 is 0 Å². The van der Waals surface area contributed by atoms with Gasteiger partial charge in [-0.1, -0.05) is 127 Å². The van der Waals surface area contributed by atoms with Crippen LogP contribution in [0.5, 0.6) is 0 Å². The van der Waals surface area contributed by atoms with Crippen molar-refractivity contribution < 1.29 is 0 Å². The Kier molecular flexibility index (Phi) is 8.28.